The zero-order chi connectivity index (χ0) is 23.3. The van der Waals surface area contributed by atoms with Crippen molar-refractivity contribution in [1.29, 1.82) is 0 Å². The average molecular weight is 434 g/mol. The number of nitrogens with one attached hydrogen (secondary N) is 1. The number of benzene rings is 3. The first-order chi connectivity index (χ1) is 15.3. The van der Waals surface area contributed by atoms with Crippen LogP contribution in [0.15, 0.2) is 48.5 Å². The molecule has 0 fully saturated rings. The third kappa shape index (κ3) is 5.36. The second kappa shape index (κ2) is 10.4. The van der Waals surface area contributed by atoms with E-state index in [-0.39, 0.29) is 19.1 Å². The molecule has 3 rings (SSSR count). The number of methoxy groups -OCH3 is 1. The van der Waals surface area contributed by atoms with Gasteiger partial charge in [-0.05, 0) is 90.6 Å². The summed E-state index contributed by atoms with van der Waals surface area (Å²) in [4.78, 5) is 12.3. The highest BCUT2D eigenvalue weighted by Gasteiger charge is 2.11. The van der Waals surface area contributed by atoms with Crippen molar-refractivity contribution in [2.24, 2.45) is 0 Å². The second-order valence-electron chi connectivity index (χ2n) is 7.94. The van der Waals surface area contributed by atoms with E-state index >= 15 is 0 Å². The molecule has 1 unspecified atom stereocenters. The average Bonchev–Trinajstić information content (AvgIpc) is 2.80. The minimum atomic E-state index is -0.462. The van der Waals surface area contributed by atoms with E-state index in [0.717, 1.165) is 28.0 Å². The van der Waals surface area contributed by atoms with Crippen molar-refractivity contribution < 1.29 is 19.4 Å². The molecule has 0 aliphatic carbocycles. The van der Waals surface area contributed by atoms with Gasteiger partial charge in [-0.1, -0.05) is 30.3 Å². The quantitative estimate of drug-likeness (QED) is 0.383. The molecule has 0 saturated heterocycles. The second-order valence-corrected chi connectivity index (χ2v) is 7.94. The molecule has 0 heterocycles. The number of hydrogen-bond donors (Lipinski definition) is 2. The molecule has 168 valence electrons. The number of amides is 1. The zero-order valence-corrected chi connectivity index (χ0v) is 19.4. The van der Waals surface area contributed by atoms with Crippen LogP contribution in [0.3, 0.4) is 0 Å². The minimum absolute atomic E-state index is 0.0782. The summed E-state index contributed by atoms with van der Waals surface area (Å²) in [5, 5.41) is 14.0. The van der Waals surface area contributed by atoms with Crippen LogP contribution in [0.2, 0.25) is 0 Å². The molecule has 0 bridgehead atoms. The standard InChI is InChI=1S/C27H31NO4/c1-17(23-10-11-24-19(3)26(31-5)15-18(2)25(24)16-23)14-21-6-8-22(9-7-21)27(30)28-20(4)32-13-12-29/h6-11,14-16,20,29H,12-13H2,1-5H3,(H,28,30)/b17-14+. The third-order valence-corrected chi connectivity index (χ3v) is 5.59. The number of aliphatic hydroxyl groups is 1. The van der Waals surface area contributed by atoms with Crippen LogP contribution in [0.1, 0.15) is 46.5 Å². The lowest BCUT2D eigenvalue weighted by atomic mass is 9.95. The predicted octanol–water partition coefficient (Wildman–Crippen LogP) is 5.11. The lowest BCUT2D eigenvalue weighted by molar-refractivity contribution is 0.0199. The van der Waals surface area contributed by atoms with Gasteiger partial charge in [-0.3, -0.25) is 4.79 Å². The summed E-state index contributed by atoms with van der Waals surface area (Å²) in [7, 11) is 1.70. The molecular weight excluding hydrogens is 402 g/mol. The molecule has 2 N–H and O–H groups in total. The van der Waals surface area contributed by atoms with Crippen molar-refractivity contribution in [1.82, 2.24) is 5.32 Å². The normalized spacial score (nSPS) is 12.6. The number of carbonyl (C=O) groups is 1. The Morgan fingerprint density at radius 2 is 1.75 bits per heavy atom. The molecule has 5 heteroatoms. The molecule has 0 aromatic heterocycles. The van der Waals surface area contributed by atoms with Gasteiger partial charge in [0.05, 0.1) is 20.3 Å². The number of allylic oxidation sites excluding steroid dienone is 1. The summed E-state index contributed by atoms with van der Waals surface area (Å²) in [5.74, 6) is 0.701. The van der Waals surface area contributed by atoms with E-state index in [0.29, 0.717) is 5.56 Å². The van der Waals surface area contributed by atoms with Gasteiger partial charge in [0.1, 0.15) is 12.0 Å². The van der Waals surface area contributed by atoms with Crippen molar-refractivity contribution in [3.63, 3.8) is 0 Å². The van der Waals surface area contributed by atoms with E-state index in [2.05, 4.69) is 56.4 Å². The Morgan fingerprint density at radius 3 is 2.41 bits per heavy atom. The Bertz CT molecular complexity index is 1130. The van der Waals surface area contributed by atoms with Gasteiger partial charge >= 0.3 is 0 Å². The summed E-state index contributed by atoms with van der Waals surface area (Å²) in [6, 6.07) is 16.0. The van der Waals surface area contributed by atoms with Crippen LogP contribution >= 0.6 is 0 Å². The van der Waals surface area contributed by atoms with Crippen molar-refractivity contribution in [2.45, 2.75) is 33.9 Å². The maximum absolute atomic E-state index is 12.3. The number of hydrogen-bond acceptors (Lipinski definition) is 4. The Kier molecular flexibility index (Phi) is 7.67. The van der Waals surface area contributed by atoms with E-state index in [1.165, 1.54) is 16.3 Å². The third-order valence-electron chi connectivity index (χ3n) is 5.59. The molecule has 0 saturated carbocycles. The fourth-order valence-electron chi connectivity index (χ4n) is 3.77. The predicted molar refractivity (Wildman–Crippen MR) is 130 cm³/mol. The first kappa shape index (κ1) is 23.5. The summed E-state index contributed by atoms with van der Waals surface area (Å²) in [6.07, 6.45) is 1.65. The van der Waals surface area contributed by atoms with E-state index in [1.807, 2.05) is 12.1 Å². The number of ether oxygens (including phenoxy) is 2. The van der Waals surface area contributed by atoms with Gasteiger partial charge in [0, 0.05) is 5.56 Å². The molecule has 1 atom stereocenters. The van der Waals surface area contributed by atoms with Gasteiger partial charge in [0.15, 0.2) is 0 Å². The van der Waals surface area contributed by atoms with Gasteiger partial charge in [-0.15, -0.1) is 0 Å². The SMILES string of the molecule is COc1cc(C)c2cc(/C(C)=C/c3ccc(C(=O)NC(C)OCCO)cc3)ccc2c1C. The highest BCUT2D eigenvalue weighted by atomic mass is 16.5. The molecule has 0 aliphatic heterocycles. The van der Waals surface area contributed by atoms with Crippen LogP contribution in [0.25, 0.3) is 22.4 Å². The smallest absolute Gasteiger partial charge is 0.253 e. The van der Waals surface area contributed by atoms with Gasteiger partial charge in [-0.2, -0.15) is 0 Å². The van der Waals surface area contributed by atoms with Crippen molar-refractivity contribution in [3.8, 4) is 5.75 Å². The minimum Gasteiger partial charge on any atom is -0.496 e. The summed E-state index contributed by atoms with van der Waals surface area (Å²) in [6.45, 7) is 8.12. The zero-order valence-electron chi connectivity index (χ0n) is 19.4. The van der Waals surface area contributed by atoms with E-state index in [1.54, 1.807) is 26.2 Å². The van der Waals surface area contributed by atoms with Crippen LogP contribution in [-0.4, -0.2) is 37.6 Å². The Labute approximate surface area is 189 Å². The van der Waals surface area contributed by atoms with Crippen molar-refractivity contribution in [2.75, 3.05) is 20.3 Å². The summed E-state index contributed by atoms with van der Waals surface area (Å²) < 4.78 is 10.8. The highest BCUT2D eigenvalue weighted by molar-refractivity contribution is 5.96. The maximum atomic E-state index is 12.3. The molecule has 5 nitrogen and oxygen atoms in total. The fourth-order valence-corrected chi connectivity index (χ4v) is 3.77. The molecule has 3 aromatic rings. The topological polar surface area (TPSA) is 67.8 Å². The van der Waals surface area contributed by atoms with Crippen LogP contribution < -0.4 is 10.1 Å². The molecule has 32 heavy (non-hydrogen) atoms. The molecule has 0 radical (unpaired) electrons. The van der Waals surface area contributed by atoms with Crippen LogP contribution in [-0.2, 0) is 4.74 Å². The van der Waals surface area contributed by atoms with Gasteiger partial charge in [-0.25, -0.2) is 0 Å². The first-order valence-corrected chi connectivity index (χ1v) is 10.7. The Balaban J connectivity index is 1.79. The summed E-state index contributed by atoms with van der Waals surface area (Å²) in [5.41, 5.74) is 6.21. The van der Waals surface area contributed by atoms with Gasteiger partial charge in [0.25, 0.3) is 5.91 Å². The molecule has 0 aliphatic rings. The number of aryl methyl sites for hydroxylation is 2. The lowest BCUT2D eigenvalue weighted by Gasteiger charge is -2.14. The lowest BCUT2D eigenvalue weighted by Crippen LogP contribution is -2.35. The number of aliphatic hydroxyl groups excluding tert-OH is 1. The number of fused-ring (bicyclic) bond motifs is 1. The summed E-state index contributed by atoms with van der Waals surface area (Å²) >= 11 is 0. The van der Waals surface area contributed by atoms with Crippen LogP contribution in [0.4, 0.5) is 0 Å². The molecule has 0 spiro atoms. The Hall–Kier alpha value is -3.15. The first-order valence-electron chi connectivity index (χ1n) is 10.7. The van der Waals surface area contributed by atoms with E-state index in [4.69, 9.17) is 14.6 Å². The van der Waals surface area contributed by atoms with Crippen molar-refractivity contribution >= 4 is 28.3 Å². The van der Waals surface area contributed by atoms with E-state index < -0.39 is 6.23 Å². The van der Waals surface area contributed by atoms with Crippen LogP contribution in [0, 0.1) is 13.8 Å². The Morgan fingerprint density at radius 1 is 1.06 bits per heavy atom. The largest absolute Gasteiger partial charge is 0.496 e. The fraction of sp³-hybridized carbons (Fsp3) is 0.296. The monoisotopic (exact) mass is 433 g/mol. The molecule has 1 amide bonds. The maximum Gasteiger partial charge on any atom is 0.253 e. The van der Waals surface area contributed by atoms with Crippen molar-refractivity contribution in [3.05, 3.63) is 76.3 Å². The number of rotatable bonds is 8. The molecular formula is C27H31NO4. The highest BCUT2D eigenvalue weighted by Crippen LogP contribution is 2.32. The van der Waals surface area contributed by atoms with Gasteiger partial charge in [0.2, 0.25) is 0 Å². The van der Waals surface area contributed by atoms with Crippen LogP contribution in [0.5, 0.6) is 5.75 Å². The number of carbonyl (C=O) groups excluding carboxylic acids is 1. The molecule has 3 aromatic carbocycles. The van der Waals surface area contributed by atoms with E-state index in [9.17, 15) is 4.79 Å². The van der Waals surface area contributed by atoms with Gasteiger partial charge < -0.3 is 19.9 Å².